The number of anilines is 1. The maximum atomic E-state index is 11.7. The van der Waals surface area contributed by atoms with Crippen molar-refractivity contribution in [3.05, 3.63) is 28.7 Å². The van der Waals surface area contributed by atoms with Gasteiger partial charge in [-0.2, -0.15) is 0 Å². The lowest BCUT2D eigenvalue weighted by Crippen LogP contribution is -2.39. The molecule has 1 atom stereocenters. The van der Waals surface area contributed by atoms with Crippen LogP contribution < -0.4 is 10.6 Å². The van der Waals surface area contributed by atoms with E-state index in [9.17, 15) is 9.59 Å². The van der Waals surface area contributed by atoms with Gasteiger partial charge in [0.25, 0.3) is 0 Å². The molecule has 0 bridgehead atoms. The van der Waals surface area contributed by atoms with Gasteiger partial charge in [-0.25, -0.2) is 4.79 Å². The molecule has 0 saturated carbocycles. The lowest BCUT2D eigenvalue weighted by molar-refractivity contribution is -0.137. The normalized spacial score (nSPS) is 11.7. The molecule has 19 heavy (non-hydrogen) atoms. The third-order valence-corrected chi connectivity index (χ3v) is 3.02. The summed E-state index contributed by atoms with van der Waals surface area (Å²) in [5, 5.41) is 14.1. The summed E-state index contributed by atoms with van der Waals surface area (Å²) >= 11 is 3.31. The molecule has 0 heterocycles. The number of hydrogen-bond acceptors (Lipinski definition) is 2. The second-order valence-electron chi connectivity index (χ2n) is 4.19. The number of aliphatic carboxylic acids is 1. The van der Waals surface area contributed by atoms with Gasteiger partial charge in [-0.05, 0) is 30.7 Å². The molecule has 0 aliphatic rings. The van der Waals surface area contributed by atoms with Gasteiger partial charge in [0.05, 0.1) is 6.42 Å². The molecule has 0 aliphatic heterocycles. The number of urea groups is 1. The molecule has 0 spiro atoms. The molecule has 0 fully saturated rings. The van der Waals surface area contributed by atoms with E-state index in [4.69, 9.17) is 5.11 Å². The predicted molar refractivity (Wildman–Crippen MR) is 77.2 cm³/mol. The van der Waals surface area contributed by atoms with Crippen molar-refractivity contribution in [3.8, 4) is 0 Å². The Labute approximate surface area is 120 Å². The van der Waals surface area contributed by atoms with Gasteiger partial charge in [-0.1, -0.05) is 29.3 Å². The van der Waals surface area contributed by atoms with Crippen LogP contribution >= 0.6 is 15.9 Å². The van der Waals surface area contributed by atoms with E-state index in [2.05, 4.69) is 26.6 Å². The van der Waals surface area contributed by atoms with Crippen molar-refractivity contribution in [2.45, 2.75) is 32.2 Å². The SMILES string of the molecule is CCCC(CC(=O)O)NC(=O)Nc1ccc(Br)cc1. The number of rotatable bonds is 6. The first kappa shape index (κ1) is 15.5. The molecule has 1 rings (SSSR count). The average molecular weight is 329 g/mol. The highest BCUT2D eigenvalue weighted by atomic mass is 79.9. The minimum atomic E-state index is -0.914. The molecular formula is C13H17BrN2O3. The number of halogens is 1. The van der Waals surface area contributed by atoms with E-state index >= 15 is 0 Å². The maximum Gasteiger partial charge on any atom is 0.319 e. The molecular weight excluding hydrogens is 312 g/mol. The van der Waals surface area contributed by atoms with Gasteiger partial charge >= 0.3 is 12.0 Å². The maximum absolute atomic E-state index is 11.7. The van der Waals surface area contributed by atoms with E-state index < -0.39 is 5.97 Å². The third kappa shape index (κ3) is 6.24. The van der Waals surface area contributed by atoms with E-state index in [0.29, 0.717) is 12.1 Å². The van der Waals surface area contributed by atoms with Crippen LogP contribution in [0.3, 0.4) is 0 Å². The number of carbonyl (C=O) groups excluding carboxylic acids is 1. The first-order chi connectivity index (χ1) is 9.01. The summed E-state index contributed by atoms with van der Waals surface area (Å²) in [7, 11) is 0. The Hall–Kier alpha value is -1.56. The Balaban J connectivity index is 2.52. The van der Waals surface area contributed by atoms with Crippen LogP contribution in [-0.2, 0) is 4.79 Å². The van der Waals surface area contributed by atoms with Crippen LogP contribution in [0.2, 0.25) is 0 Å². The molecule has 5 nitrogen and oxygen atoms in total. The summed E-state index contributed by atoms with van der Waals surface area (Å²) in [6, 6.07) is 6.41. The zero-order valence-electron chi connectivity index (χ0n) is 10.6. The van der Waals surface area contributed by atoms with Crippen LogP contribution in [0.25, 0.3) is 0 Å². The van der Waals surface area contributed by atoms with Crippen molar-refractivity contribution in [2.24, 2.45) is 0 Å². The second-order valence-corrected chi connectivity index (χ2v) is 5.10. The number of benzene rings is 1. The summed E-state index contributed by atoms with van der Waals surface area (Å²) in [5.74, 6) is -0.914. The van der Waals surface area contributed by atoms with Crippen molar-refractivity contribution in [1.82, 2.24) is 5.32 Å². The van der Waals surface area contributed by atoms with Gasteiger partial charge in [-0.15, -0.1) is 0 Å². The van der Waals surface area contributed by atoms with Crippen molar-refractivity contribution in [3.63, 3.8) is 0 Å². The largest absolute Gasteiger partial charge is 0.481 e. The smallest absolute Gasteiger partial charge is 0.319 e. The summed E-state index contributed by atoms with van der Waals surface area (Å²) in [6.07, 6.45) is 1.39. The number of nitrogens with one attached hydrogen (secondary N) is 2. The fourth-order valence-electron chi connectivity index (χ4n) is 1.67. The fraction of sp³-hybridized carbons (Fsp3) is 0.385. The molecule has 6 heteroatoms. The fourth-order valence-corrected chi connectivity index (χ4v) is 1.93. The van der Waals surface area contributed by atoms with E-state index in [0.717, 1.165) is 10.9 Å². The summed E-state index contributed by atoms with van der Waals surface area (Å²) < 4.78 is 0.924. The highest BCUT2D eigenvalue weighted by Gasteiger charge is 2.14. The molecule has 1 unspecified atom stereocenters. The standard InChI is InChI=1S/C13H17BrN2O3/c1-2-3-11(8-12(17)18)16-13(19)15-10-6-4-9(14)5-7-10/h4-7,11H,2-3,8H2,1H3,(H,17,18)(H2,15,16,19). The van der Waals surface area contributed by atoms with Gasteiger partial charge in [0, 0.05) is 16.2 Å². The molecule has 1 aromatic carbocycles. The lowest BCUT2D eigenvalue weighted by Gasteiger charge is -2.16. The van der Waals surface area contributed by atoms with Crippen LogP contribution in [0.1, 0.15) is 26.2 Å². The van der Waals surface area contributed by atoms with Gasteiger partial charge in [0.2, 0.25) is 0 Å². The van der Waals surface area contributed by atoms with Crippen LogP contribution in [0.15, 0.2) is 28.7 Å². The van der Waals surface area contributed by atoms with Gasteiger partial charge in [0.15, 0.2) is 0 Å². The summed E-state index contributed by atoms with van der Waals surface area (Å²) in [6.45, 7) is 1.95. The molecule has 104 valence electrons. The minimum Gasteiger partial charge on any atom is -0.481 e. The van der Waals surface area contributed by atoms with Gasteiger partial charge < -0.3 is 15.7 Å². The van der Waals surface area contributed by atoms with Crippen molar-refractivity contribution >= 4 is 33.6 Å². The predicted octanol–water partition coefficient (Wildman–Crippen LogP) is 3.21. The molecule has 0 aromatic heterocycles. The molecule has 0 aliphatic carbocycles. The number of carbonyl (C=O) groups is 2. The first-order valence-corrected chi connectivity index (χ1v) is 6.85. The van der Waals surface area contributed by atoms with Crippen LogP contribution in [0.5, 0.6) is 0 Å². The van der Waals surface area contributed by atoms with Crippen LogP contribution in [-0.4, -0.2) is 23.1 Å². The number of carboxylic acids is 1. The first-order valence-electron chi connectivity index (χ1n) is 6.06. The Morgan fingerprint density at radius 2 is 1.95 bits per heavy atom. The number of carboxylic acid groups (broad SMARTS) is 1. The third-order valence-electron chi connectivity index (χ3n) is 2.50. The van der Waals surface area contributed by atoms with E-state index in [1.807, 2.05) is 19.1 Å². The quantitative estimate of drug-likeness (QED) is 0.750. The lowest BCUT2D eigenvalue weighted by atomic mass is 10.1. The van der Waals surface area contributed by atoms with E-state index in [1.165, 1.54) is 0 Å². The summed E-state index contributed by atoms with van der Waals surface area (Å²) in [5.41, 5.74) is 0.659. The molecule has 0 radical (unpaired) electrons. The van der Waals surface area contributed by atoms with Gasteiger partial charge in [0.1, 0.15) is 0 Å². The molecule has 0 saturated heterocycles. The average Bonchev–Trinajstić information content (AvgIpc) is 2.31. The number of hydrogen-bond donors (Lipinski definition) is 3. The van der Waals surface area contributed by atoms with Gasteiger partial charge in [-0.3, -0.25) is 4.79 Å². The molecule has 1 aromatic rings. The summed E-state index contributed by atoms with van der Waals surface area (Å²) in [4.78, 5) is 22.4. The zero-order chi connectivity index (χ0) is 14.3. The molecule has 3 N–H and O–H groups in total. The number of amides is 2. The second kappa shape index (κ2) is 7.78. The van der Waals surface area contributed by atoms with Crippen molar-refractivity contribution < 1.29 is 14.7 Å². The van der Waals surface area contributed by atoms with Crippen molar-refractivity contribution in [1.29, 1.82) is 0 Å². The highest BCUT2D eigenvalue weighted by Crippen LogP contribution is 2.14. The zero-order valence-corrected chi connectivity index (χ0v) is 12.2. The van der Waals surface area contributed by atoms with E-state index in [-0.39, 0.29) is 18.5 Å². The topological polar surface area (TPSA) is 78.4 Å². The Bertz CT molecular complexity index is 434. The van der Waals surface area contributed by atoms with Crippen LogP contribution in [0, 0.1) is 0 Å². The van der Waals surface area contributed by atoms with Crippen LogP contribution in [0.4, 0.5) is 10.5 Å². The molecule has 2 amide bonds. The van der Waals surface area contributed by atoms with E-state index in [1.54, 1.807) is 12.1 Å². The Morgan fingerprint density at radius 3 is 2.47 bits per heavy atom. The highest BCUT2D eigenvalue weighted by molar-refractivity contribution is 9.10. The van der Waals surface area contributed by atoms with Crippen molar-refractivity contribution in [2.75, 3.05) is 5.32 Å². The Kier molecular flexibility index (Phi) is 6.35. The monoisotopic (exact) mass is 328 g/mol. The Morgan fingerprint density at radius 1 is 1.32 bits per heavy atom. The minimum absolute atomic E-state index is 0.0679.